The van der Waals surface area contributed by atoms with Crippen LogP contribution in [0.15, 0.2) is 24.3 Å². The lowest BCUT2D eigenvalue weighted by atomic mass is 10.2. The highest BCUT2D eigenvalue weighted by atomic mass is 16.6. The Morgan fingerprint density at radius 1 is 1.60 bits per heavy atom. The van der Waals surface area contributed by atoms with Crippen molar-refractivity contribution in [1.82, 2.24) is 5.32 Å². The first-order valence-electron chi connectivity index (χ1n) is 4.84. The lowest BCUT2D eigenvalue weighted by molar-refractivity contribution is 0.0947. The summed E-state index contributed by atoms with van der Waals surface area (Å²) in [6, 6.07) is 7.15. The number of hydrogen-bond acceptors (Lipinski definition) is 3. The second-order valence-corrected chi connectivity index (χ2v) is 3.37. The molecule has 1 amide bonds. The lowest BCUT2D eigenvalue weighted by Gasteiger charge is -2.07. The number of amides is 1. The van der Waals surface area contributed by atoms with Gasteiger partial charge in [-0.3, -0.25) is 4.79 Å². The summed E-state index contributed by atoms with van der Waals surface area (Å²) in [4.78, 5) is 11.7. The summed E-state index contributed by atoms with van der Waals surface area (Å²) in [6.45, 7) is 1.31. The zero-order chi connectivity index (χ0) is 10.7. The van der Waals surface area contributed by atoms with Crippen LogP contribution in [0.4, 0.5) is 0 Å². The number of methoxy groups -OCH3 is 1. The van der Waals surface area contributed by atoms with Crippen molar-refractivity contribution in [2.24, 2.45) is 0 Å². The monoisotopic (exact) mass is 207 g/mol. The molecule has 15 heavy (non-hydrogen) atoms. The minimum atomic E-state index is -0.122. The molecule has 2 rings (SSSR count). The zero-order valence-corrected chi connectivity index (χ0v) is 8.53. The Hall–Kier alpha value is -1.55. The third-order valence-corrected chi connectivity index (χ3v) is 2.24. The molecule has 1 fully saturated rings. The normalized spacial score (nSPS) is 18.3. The summed E-state index contributed by atoms with van der Waals surface area (Å²) in [5, 5.41) is 2.79. The van der Waals surface area contributed by atoms with E-state index >= 15 is 0 Å². The van der Waals surface area contributed by atoms with E-state index < -0.39 is 0 Å². The Morgan fingerprint density at radius 2 is 2.33 bits per heavy atom. The van der Waals surface area contributed by atoms with Gasteiger partial charge in [0.25, 0.3) is 5.91 Å². The Balaban J connectivity index is 2.02. The standard InChI is InChI=1S/C11H13NO3/c1-14-10-5-3-2-4-9(10)11(13)12-6-8-7-15-8/h2-5,8H,6-7H2,1H3,(H,12,13). The average molecular weight is 207 g/mol. The second kappa shape index (κ2) is 4.31. The average Bonchev–Trinajstić information content (AvgIpc) is 3.09. The van der Waals surface area contributed by atoms with Crippen molar-refractivity contribution in [2.75, 3.05) is 20.3 Å². The highest BCUT2D eigenvalue weighted by molar-refractivity contribution is 5.96. The fourth-order valence-corrected chi connectivity index (χ4v) is 1.32. The van der Waals surface area contributed by atoms with Gasteiger partial charge < -0.3 is 14.8 Å². The number of nitrogens with one attached hydrogen (secondary N) is 1. The first-order valence-corrected chi connectivity index (χ1v) is 4.84. The molecule has 1 saturated heterocycles. The van der Waals surface area contributed by atoms with Gasteiger partial charge in [-0.15, -0.1) is 0 Å². The molecular weight excluding hydrogens is 194 g/mol. The predicted octanol–water partition coefficient (Wildman–Crippen LogP) is 0.824. The molecule has 0 bridgehead atoms. The zero-order valence-electron chi connectivity index (χ0n) is 8.53. The molecule has 0 radical (unpaired) electrons. The maximum Gasteiger partial charge on any atom is 0.255 e. The predicted molar refractivity (Wildman–Crippen MR) is 55.1 cm³/mol. The molecule has 0 saturated carbocycles. The van der Waals surface area contributed by atoms with Gasteiger partial charge in [0.2, 0.25) is 0 Å². The summed E-state index contributed by atoms with van der Waals surface area (Å²) in [7, 11) is 1.55. The van der Waals surface area contributed by atoms with Crippen LogP contribution in [0.3, 0.4) is 0 Å². The summed E-state index contributed by atoms with van der Waals surface area (Å²) >= 11 is 0. The fourth-order valence-electron chi connectivity index (χ4n) is 1.32. The molecule has 1 N–H and O–H groups in total. The number of hydrogen-bond donors (Lipinski definition) is 1. The van der Waals surface area contributed by atoms with Crippen LogP contribution >= 0.6 is 0 Å². The SMILES string of the molecule is COc1ccccc1C(=O)NCC1CO1. The lowest BCUT2D eigenvalue weighted by Crippen LogP contribution is -2.27. The molecule has 4 heteroatoms. The Bertz CT molecular complexity index is 361. The quantitative estimate of drug-likeness (QED) is 0.744. The molecule has 1 aromatic rings. The first-order chi connectivity index (χ1) is 7.31. The van der Waals surface area contributed by atoms with E-state index in [0.717, 1.165) is 6.61 Å². The van der Waals surface area contributed by atoms with Crippen LogP contribution in [0.2, 0.25) is 0 Å². The molecule has 80 valence electrons. The molecule has 0 aromatic heterocycles. The summed E-state index contributed by atoms with van der Waals surface area (Å²) in [5.74, 6) is 0.467. The van der Waals surface area contributed by atoms with E-state index in [1.165, 1.54) is 0 Å². The van der Waals surface area contributed by atoms with Gasteiger partial charge >= 0.3 is 0 Å². The van der Waals surface area contributed by atoms with Crippen molar-refractivity contribution >= 4 is 5.91 Å². The number of carbonyl (C=O) groups excluding carboxylic acids is 1. The smallest absolute Gasteiger partial charge is 0.255 e. The van der Waals surface area contributed by atoms with Gasteiger partial charge in [0, 0.05) is 6.54 Å². The third-order valence-electron chi connectivity index (χ3n) is 2.24. The van der Waals surface area contributed by atoms with Crippen LogP contribution < -0.4 is 10.1 Å². The Morgan fingerprint density at radius 3 is 3.00 bits per heavy atom. The van der Waals surface area contributed by atoms with E-state index in [1.54, 1.807) is 19.2 Å². The maximum atomic E-state index is 11.7. The highest BCUT2D eigenvalue weighted by Gasteiger charge is 2.23. The van der Waals surface area contributed by atoms with Gasteiger partial charge in [0.1, 0.15) is 5.75 Å². The van der Waals surface area contributed by atoms with Gasteiger partial charge in [0.05, 0.1) is 25.4 Å². The number of benzene rings is 1. The van der Waals surface area contributed by atoms with Crippen LogP contribution in [0.25, 0.3) is 0 Å². The van der Waals surface area contributed by atoms with Crippen LogP contribution in [0, 0.1) is 0 Å². The fraction of sp³-hybridized carbons (Fsp3) is 0.364. The summed E-state index contributed by atoms with van der Waals surface area (Å²) in [5.41, 5.74) is 0.556. The van der Waals surface area contributed by atoms with Crippen molar-refractivity contribution in [3.8, 4) is 5.75 Å². The molecular formula is C11H13NO3. The van der Waals surface area contributed by atoms with Crippen molar-refractivity contribution < 1.29 is 14.3 Å². The number of ether oxygens (including phenoxy) is 2. The van der Waals surface area contributed by atoms with Gasteiger partial charge in [0.15, 0.2) is 0 Å². The van der Waals surface area contributed by atoms with Crippen LogP contribution in [0.1, 0.15) is 10.4 Å². The molecule has 0 spiro atoms. The summed E-state index contributed by atoms with van der Waals surface area (Å²) in [6.07, 6.45) is 0.198. The van der Waals surface area contributed by atoms with Gasteiger partial charge in [-0.25, -0.2) is 0 Å². The number of epoxide rings is 1. The van der Waals surface area contributed by atoms with Gasteiger partial charge in [-0.2, -0.15) is 0 Å². The number of para-hydroxylation sites is 1. The van der Waals surface area contributed by atoms with Crippen molar-refractivity contribution in [3.63, 3.8) is 0 Å². The van der Waals surface area contributed by atoms with E-state index in [9.17, 15) is 4.79 Å². The minimum Gasteiger partial charge on any atom is -0.496 e. The van der Waals surface area contributed by atoms with Gasteiger partial charge in [-0.05, 0) is 12.1 Å². The first kappa shape index (κ1) is 9.98. The Kier molecular flexibility index (Phi) is 2.87. The maximum absolute atomic E-state index is 11.7. The Labute approximate surface area is 88.2 Å². The second-order valence-electron chi connectivity index (χ2n) is 3.37. The van der Waals surface area contributed by atoms with E-state index in [4.69, 9.17) is 9.47 Å². The third kappa shape index (κ3) is 2.47. The van der Waals surface area contributed by atoms with E-state index in [2.05, 4.69) is 5.32 Å². The van der Waals surface area contributed by atoms with Crippen molar-refractivity contribution in [2.45, 2.75) is 6.10 Å². The van der Waals surface area contributed by atoms with E-state index in [0.29, 0.717) is 17.9 Å². The number of rotatable bonds is 4. The van der Waals surface area contributed by atoms with Crippen LogP contribution in [-0.2, 0) is 4.74 Å². The van der Waals surface area contributed by atoms with E-state index in [-0.39, 0.29) is 12.0 Å². The largest absolute Gasteiger partial charge is 0.496 e. The molecule has 1 heterocycles. The molecule has 1 aliphatic heterocycles. The molecule has 1 unspecified atom stereocenters. The number of carbonyl (C=O) groups is 1. The molecule has 1 aromatic carbocycles. The molecule has 4 nitrogen and oxygen atoms in total. The van der Waals surface area contributed by atoms with Crippen molar-refractivity contribution in [3.05, 3.63) is 29.8 Å². The topological polar surface area (TPSA) is 50.9 Å². The molecule has 1 atom stereocenters. The van der Waals surface area contributed by atoms with Crippen LogP contribution in [0.5, 0.6) is 5.75 Å². The highest BCUT2D eigenvalue weighted by Crippen LogP contribution is 2.17. The van der Waals surface area contributed by atoms with Crippen molar-refractivity contribution in [1.29, 1.82) is 0 Å². The summed E-state index contributed by atoms with van der Waals surface area (Å²) < 4.78 is 10.1. The molecule has 0 aliphatic carbocycles. The van der Waals surface area contributed by atoms with E-state index in [1.807, 2.05) is 12.1 Å². The molecule has 1 aliphatic rings. The van der Waals surface area contributed by atoms with Gasteiger partial charge in [-0.1, -0.05) is 12.1 Å². The minimum absolute atomic E-state index is 0.122. The van der Waals surface area contributed by atoms with Crippen LogP contribution in [-0.4, -0.2) is 32.3 Å².